The van der Waals surface area contributed by atoms with Gasteiger partial charge in [-0.15, -0.1) is 0 Å². The van der Waals surface area contributed by atoms with E-state index in [4.69, 9.17) is 0 Å². The molecule has 0 aromatic rings. The molecular formula is C20H34O5. The number of hydrogen-bond donors (Lipinski definition) is 2. The average Bonchev–Trinajstić information content (AvgIpc) is 2.69. The molecular weight excluding hydrogens is 320 g/mol. The van der Waals surface area contributed by atoms with Crippen molar-refractivity contribution in [2.75, 3.05) is 0 Å². The second-order valence-corrected chi connectivity index (χ2v) is 8.59. The van der Waals surface area contributed by atoms with E-state index < -0.39 is 46.8 Å². The van der Waals surface area contributed by atoms with Gasteiger partial charge in [-0.3, -0.25) is 14.4 Å². The first-order chi connectivity index (χ1) is 11.4. The number of Topliss-reactive ketones (excluding diaryl/α,β-unsaturated/α-hetero) is 3. The predicted molar refractivity (Wildman–Crippen MR) is 95.9 cm³/mol. The van der Waals surface area contributed by atoms with Crippen molar-refractivity contribution >= 4 is 17.3 Å². The van der Waals surface area contributed by atoms with E-state index in [0.717, 1.165) is 0 Å². The summed E-state index contributed by atoms with van der Waals surface area (Å²) in [6.07, 6.45) is 0.483. The monoisotopic (exact) mass is 354 g/mol. The molecule has 5 nitrogen and oxygen atoms in total. The molecule has 4 atom stereocenters. The van der Waals surface area contributed by atoms with Crippen LogP contribution in [-0.2, 0) is 14.4 Å². The molecule has 1 rings (SSSR count). The summed E-state index contributed by atoms with van der Waals surface area (Å²) in [7, 11) is 0. The Labute approximate surface area is 151 Å². The van der Waals surface area contributed by atoms with Gasteiger partial charge in [-0.05, 0) is 31.1 Å². The van der Waals surface area contributed by atoms with Crippen molar-refractivity contribution in [3.8, 4) is 0 Å². The molecule has 2 N–H and O–H groups in total. The fourth-order valence-corrected chi connectivity index (χ4v) is 3.52. The van der Waals surface area contributed by atoms with Crippen molar-refractivity contribution < 1.29 is 24.6 Å². The highest BCUT2D eigenvalue weighted by atomic mass is 16.4. The molecule has 1 fully saturated rings. The minimum atomic E-state index is -2.14. The summed E-state index contributed by atoms with van der Waals surface area (Å²) in [5, 5.41) is 21.7. The number of rotatable bonds is 9. The van der Waals surface area contributed by atoms with Gasteiger partial charge in [0.2, 0.25) is 0 Å². The number of ketones is 3. The van der Waals surface area contributed by atoms with Crippen LogP contribution in [0.25, 0.3) is 0 Å². The molecule has 0 spiro atoms. The van der Waals surface area contributed by atoms with E-state index in [9.17, 15) is 24.6 Å². The van der Waals surface area contributed by atoms with Gasteiger partial charge in [-0.25, -0.2) is 0 Å². The highest BCUT2D eigenvalue weighted by Crippen LogP contribution is 2.42. The molecule has 0 aromatic carbocycles. The van der Waals surface area contributed by atoms with Crippen LogP contribution in [-0.4, -0.2) is 39.3 Å². The van der Waals surface area contributed by atoms with Gasteiger partial charge in [0.15, 0.2) is 23.0 Å². The van der Waals surface area contributed by atoms with E-state index in [1.807, 2.05) is 27.7 Å². The third-order valence-electron chi connectivity index (χ3n) is 5.23. The molecule has 0 radical (unpaired) electrons. The summed E-state index contributed by atoms with van der Waals surface area (Å²) in [5.41, 5.74) is -2.14. The van der Waals surface area contributed by atoms with Crippen LogP contribution >= 0.6 is 0 Å². The fourth-order valence-electron chi connectivity index (χ4n) is 3.52. The number of aliphatic hydroxyl groups excluding tert-OH is 1. The summed E-state index contributed by atoms with van der Waals surface area (Å²) in [6.45, 7) is 11.2. The minimum Gasteiger partial charge on any atom is -0.390 e. The quantitative estimate of drug-likeness (QED) is 0.621. The van der Waals surface area contributed by atoms with Crippen LogP contribution in [0, 0.1) is 29.6 Å². The second-order valence-electron chi connectivity index (χ2n) is 8.59. The third kappa shape index (κ3) is 4.56. The number of carbonyl (C=O) groups excluding carboxylic acids is 3. The zero-order chi connectivity index (χ0) is 19.5. The van der Waals surface area contributed by atoms with Crippen molar-refractivity contribution in [2.45, 2.75) is 78.9 Å². The summed E-state index contributed by atoms with van der Waals surface area (Å²) < 4.78 is 0. The second kappa shape index (κ2) is 8.54. The molecule has 0 bridgehead atoms. The lowest BCUT2D eigenvalue weighted by molar-refractivity contribution is -0.158. The Morgan fingerprint density at radius 3 is 1.96 bits per heavy atom. The van der Waals surface area contributed by atoms with Crippen LogP contribution in [0.4, 0.5) is 0 Å². The summed E-state index contributed by atoms with van der Waals surface area (Å²) >= 11 is 0. The van der Waals surface area contributed by atoms with Crippen LogP contribution in [0.5, 0.6) is 0 Å². The Kier molecular flexibility index (Phi) is 7.51. The molecule has 0 saturated heterocycles. The highest BCUT2D eigenvalue weighted by Gasteiger charge is 2.64. The topological polar surface area (TPSA) is 91.7 Å². The lowest BCUT2D eigenvalue weighted by Crippen LogP contribution is -2.52. The molecule has 2 unspecified atom stereocenters. The Morgan fingerprint density at radius 2 is 1.52 bits per heavy atom. The molecule has 0 amide bonds. The summed E-state index contributed by atoms with van der Waals surface area (Å²) in [5.74, 6) is -4.10. The van der Waals surface area contributed by atoms with E-state index in [2.05, 4.69) is 0 Å². The summed E-state index contributed by atoms with van der Waals surface area (Å²) in [4.78, 5) is 38.1. The van der Waals surface area contributed by atoms with Crippen LogP contribution in [0.3, 0.4) is 0 Å². The first kappa shape index (κ1) is 22.0. The maximum absolute atomic E-state index is 12.9. The van der Waals surface area contributed by atoms with Gasteiger partial charge in [-0.1, -0.05) is 48.0 Å². The minimum absolute atomic E-state index is 0.230. The number of hydrogen-bond acceptors (Lipinski definition) is 5. The first-order valence-corrected chi connectivity index (χ1v) is 9.46. The number of carbonyl (C=O) groups is 3. The normalized spacial score (nSPS) is 28.4. The van der Waals surface area contributed by atoms with E-state index in [-0.39, 0.29) is 6.42 Å². The molecule has 25 heavy (non-hydrogen) atoms. The SMILES string of the molecule is CC(C)CCC1C(=O)C(C(=O)C(C)C)C(=O)[C@]1(O)[C@@H](O)CCC(C)C. The van der Waals surface area contributed by atoms with Crippen molar-refractivity contribution in [1.29, 1.82) is 0 Å². The molecule has 1 saturated carbocycles. The Bertz CT molecular complexity index is 508. The molecule has 5 heteroatoms. The van der Waals surface area contributed by atoms with Gasteiger partial charge in [0.25, 0.3) is 0 Å². The molecule has 1 aliphatic rings. The van der Waals surface area contributed by atoms with Crippen molar-refractivity contribution in [3.05, 3.63) is 0 Å². The van der Waals surface area contributed by atoms with Crippen molar-refractivity contribution in [3.63, 3.8) is 0 Å². The lowest BCUT2D eigenvalue weighted by atomic mass is 9.78. The van der Waals surface area contributed by atoms with Crippen LogP contribution in [0.2, 0.25) is 0 Å². The van der Waals surface area contributed by atoms with E-state index in [0.29, 0.717) is 31.1 Å². The predicted octanol–water partition coefficient (Wildman–Crippen LogP) is 2.56. The van der Waals surface area contributed by atoms with Crippen LogP contribution < -0.4 is 0 Å². The zero-order valence-corrected chi connectivity index (χ0v) is 16.4. The first-order valence-electron chi connectivity index (χ1n) is 9.46. The fraction of sp³-hybridized carbons (Fsp3) is 0.850. The standard InChI is InChI=1S/C20H34O5/c1-11(2)7-9-14-18(23)16(17(22)13(5)6)19(24)20(14,25)15(21)10-8-12(3)4/h11-16,21,25H,7-10H2,1-6H3/t14?,15-,16?,20+/m0/s1. The molecule has 144 valence electrons. The molecule has 0 aliphatic heterocycles. The van der Waals surface area contributed by atoms with E-state index >= 15 is 0 Å². The van der Waals surface area contributed by atoms with Gasteiger partial charge >= 0.3 is 0 Å². The maximum Gasteiger partial charge on any atom is 0.185 e. The molecule has 0 heterocycles. The van der Waals surface area contributed by atoms with Crippen LogP contribution in [0.1, 0.15) is 67.2 Å². The largest absolute Gasteiger partial charge is 0.390 e. The lowest BCUT2D eigenvalue weighted by Gasteiger charge is -2.33. The Balaban J connectivity index is 3.20. The van der Waals surface area contributed by atoms with Crippen LogP contribution in [0.15, 0.2) is 0 Å². The summed E-state index contributed by atoms with van der Waals surface area (Å²) in [6, 6.07) is 0. The molecule has 1 aliphatic carbocycles. The molecule has 0 aromatic heterocycles. The third-order valence-corrected chi connectivity index (χ3v) is 5.23. The van der Waals surface area contributed by atoms with E-state index in [1.54, 1.807) is 13.8 Å². The van der Waals surface area contributed by atoms with E-state index in [1.165, 1.54) is 0 Å². The van der Waals surface area contributed by atoms with Gasteiger partial charge in [0, 0.05) is 5.92 Å². The maximum atomic E-state index is 12.9. The smallest absolute Gasteiger partial charge is 0.185 e. The number of aliphatic hydroxyl groups is 2. The van der Waals surface area contributed by atoms with Gasteiger partial charge in [-0.2, -0.15) is 0 Å². The zero-order valence-electron chi connectivity index (χ0n) is 16.4. The average molecular weight is 354 g/mol. The van der Waals surface area contributed by atoms with Gasteiger partial charge in [0.1, 0.15) is 5.92 Å². The Hall–Kier alpha value is -1.07. The highest BCUT2D eigenvalue weighted by molar-refractivity contribution is 6.27. The Morgan fingerprint density at radius 1 is 1.00 bits per heavy atom. The van der Waals surface area contributed by atoms with Gasteiger partial charge in [0.05, 0.1) is 12.0 Å². The van der Waals surface area contributed by atoms with Crippen molar-refractivity contribution in [1.82, 2.24) is 0 Å². The van der Waals surface area contributed by atoms with Gasteiger partial charge < -0.3 is 10.2 Å². The van der Waals surface area contributed by atoms with Crippen molar-refractivity contribution in [2.24, 2.45) is 29.6 Å².